The average Bonchev–Trinajstić information content (AvgIpc) is 3.37. The van der Waals surface area contributed by atoms with E-state index in [1.54, 1.807) is 0 Å². The smallest absolute Gasteiger partial charge is 0.102 e. The fourth-order valence-corrected chi connectivity index (χ4v) is 5.47. The molecule has 163 valence electrons. The molecule has 31 heavy (non-hydrogen) atoms. The van der Waals surface area contributed by atoms with Crippen molar-refractivity contribution in [2.45, 2.75) is 83.5 Å². The molecule has 2 unspecified atom stereocenters. The number of nitrogens with zero attached hydrogens (tertiary/aromatic N) is 4. The quantitative estimate of drug-likeness (QED) is 0.230. The third-order valence-corrected chi connectivity index (χ3v) is 7.04. The van der Waals surface area contributed by atoms with Gasteiger partial charge in [-0.05, 0) is 36.3 Å². The summed E-state index contributed by atoms with van der Waals surface area (Å²) in [5.74, 6) is 2.43. The third kappa shape index (κ3) is 3.00. The molecule has 1 fully saturated rings. The first-order valence-electron chi connectivity index (χ1n) is 11.2. The molecular formula is C26H29IrN4-. The second kappa shape index (κ2) is 6.59. The topological polar surface area (TPSA) is 43.1 Å². The van der Waals surface area contributed by atoms with Gasteiger partial charge >= 0.3 is 0 Å². The first kappa shape index (κ1) is 21.0. The van der Waals surface area contributed by atoms with E-state index in [-0.39, 0.29) is 30.9 Å². The van der Waals surface area contributed by atoms with Crippen LogP contribution in [-0.2, 0) is 30.9 Å². The molecule has 6 rings (SSSR count). The molecule has 1 radical (unpaired) electrons. The molecule has 5 heteroatoms. The van der Waals surface area contributed by atoms with Crippen molar-refractivity contribution in [1.29, 1.82) is 0 Å². The summed E-state index contributed by atoms with van der Waals surface area (Å²) < 4.78 is 2.27. The molecule has 2 aliphatic rings. The Bertz CT molecular complexity index is 1350. The van der Waals surface area contributed by atoms with Crippen LogP contribution in [-0.4, -0.2) is 19.4 Å². The zero-order chi connectivity index (χ0) is 21.0. The fourth-order valence-electron chi connectivity index (χ4n) is 5.47. The van der Waals surface area contributed by atoms with E-state index in [1.807, 2.05) is 6.20 Å². The molecule has 3 heterocycles. The van der Waals surface area contributed by atoms with Crippen molar-refractivity contribution in [2.75, 3.05) is 0 Å². The van der Waals surface area contributed by atoms with E-state index in [4.69, 9.17) is 15.0 Å². The molecule has 2 aliphatic carbocycles. The van der Waals surface area contributed by atoms with Gasteiger partial charge in [0.1, 0.15) is 5.82 Å². The van der Waals surface area contributed by atoms with Crippen LogP contribution in [0.2, 0.25) is 0 Å². The zero-order valence-electron chi connectivity index (χ0n) is 19.1. The number of aromatic nitrogens is 4. The van der Waals surface area contributed by atoms with Crippen LogP contribution in [0.25, 0.3) is 27.6 Å². The summed E-state index contributed by atoms with van der Waals surface area (Å²) in [6.45, 7) is 13.3. The van der Waals surface area contributed by atoms with Gasteiger partial charge in [-0.25, -0.2) is 0 Å². The second-order valence-corrected chi connectivity index (χ2v) is 11.4. The Hall–Kier alpha value is -1.84. The van der Waals surface area contributed by atoms with Gasteiger partial charge in [0.05, 0.1) is 22.9 Å². The molecular weight excluding hydrogens is 561 g/mol. The van der Waals surface area contributed by atoms with Gasteiger partial charge in [0, 0.05) is 36.6 Å². The fraction of sp³-hybridized carbons (Fsp3) is 0.500. The first-order chi connectivity index (χ1) is 14.1. The first-order valence-corrected chi connectivity index (χ1v) is 11.2. The van der Waals surface area contributed by atoms with Crippen LogP contribution < -0.4 is 0 Å². The van der Waals surface area contributed by atoms with Crippen molar-refractivity contribution in [2.24, 2.45) is 0 Å². The minimum Gasteiger partial charge on any atom is -0.321 e. The number of fused-ring (bicyclic) bond motifs is 10. The Morgan fingerprint density at radius 2 is 1.68 bits per heavy atom. The van der Waals surface area contributed by atoms with Gasteiger partial charge in [-0.15, -0.1) is 23.3 Å². The van der Waals surface area contributed by atoms with Crippen molar-refractivity contribution in [3.63, 3.8) is 0 Å². The summed E-state index contributed by atoms with van der Waals surface area (Å²) in [5.41, 5.74) is 7.90. The van der Waals surface area contributed by atoms with Crippen molar-refractivity contribution in [3.8, 4) is 0 Å². The summed E-state index contributed by atoms with van der Waals surface area (Å²) in [4.78, 5) is 15.0. The Morgan fingerprint density at radius 3 is 2.39 bits per heavy atom. The monoisotopic (exact) mass is 590 g/mol. The molecule has 4 aromatic rings. The minimum atomic E-state index is -0.108. The number of imidazole rings is 1. The second-order valence-electron chi connectivity index (χ2n) is 11.4. The summed E-state index contributed by atoms with van der Waals surface area (Å²) in [7, 11) is 0. The van der Waals surface area contributed by atoms with E-state index < -0.39 is 0 Å². The Balaban J connectivity index is 0.00000204. The van der Waals surface area contributed by atoms with E-state index in [1.165, 1.54) is 30.4 Å². The van der Waals surface area contributed by atoms with Crippen LogP contribution in [0.3, 0.4) is 0 Å². The van der Waals surface area contributed by atoms with E-state index in [9.17, 15) is 0 Å². The van der Waals surface area contributed by atoms with Crippen LogP contribution >= 0.6 is 0 Å². The molecule has 4 nitrogen and oxygen atoms in total. The van der Waals surface area contributed by atoms with Crippen molar-refractivity contribution in [3.05, 3.63) is 47.0 Å². The van der Waals surface area contributed by atoms with Crippen LogP contribution in [0, 0.1) is 6.07 Å². The summed E-state index contributed by atoms with van der Waals surface area (Å²) in [6, 6.07) is 8.35. The van der Waals surface area contributed by atoms with E-state index in [0.717, 1.165) is 39.1 Å². The van der Waals surface area contributed by atoms with E-state index >= 15 is 0 Å². The molecule has 1 aromatic carbocycles. The predicted octanol–water partition coefficient (Wildman–Crippen LogP) is 6.19. The van der Waals surface area contributed by atoms with Crippen LogP contribution in [0.5, 0.6) is 0 Å². The van der Waals surface area contributed by atoms with Gasteiger partial charge in [0.15, 0.2) is 0 Å². The Labute approximate surface area is 197 Å². The number of benzene rings is 1. The number of hydrogen-bond acceptors (Lipinski definition) is 3. The number of rotatable bonds is 0. The molecule has 0 saturated heterocycles. The average molecular weight is 590 g/mol. The maximum absolute atomic E-state index is 5.22. The van der Waals surface area contributed by atoms with E-state index in [0.29, 0.717) is 11.8 Å². The maximum Gasteiger partial charge on any atom is 0.102 e. The van der Waals surface area contributed by atoms with Crippen LogP contribution in [0.15, 0.2) is 18.3 Å². The minimum absolute atomic E-state index is 0. The Morgan fingerprint density at radius 1 is 0.935 bits per heavy atom. The van der Waals surface area contributed by atoms with Gasteiger partial charge < -0.3 is 4.40 Å². The van der Waals surface area contributed by atoms with Crippen molar-refractivity contribution < 1.29 is 20.1 Å². The van der Waals surface area contributed by atoms with Gasteiger partial charge in [0.25, 0.3) is 0 Å². The molecule has 3 aromatic heterocycles. The molecule has 0 aliphatic heterocycles. The normalized spacial score (nSPS) is 20.6. The molecule has 1 saturated carbocycles. The predicted molar refractivity (Wildman–Crippen MR) is 121 cm³/mol. The molecule has 0 spiro atoms. The molecule has 0 N–H and O–H groups in total. The Kier molecular flexibility index (Phi) is 4.47. The van der Waals surface area contributed by atoms with Gasteiger partial charge in [0.2, 0.25) is 0 Å². The number of pyridine rings is 1. The van der Waals surface area contributed by atoms with Crippen molar-refractivity contribution in [1.82, 2.24) is 19.4 Å². The third-order valence-electron chi connectivity index (χ3n) is 7.04. The SMILES string of the molecule is CC(C)(C)c1cc2c(cn1)nc1c3[c-]c4c(cc3nc(C(C)(C)C)n21)C1CCC4C1.[Ir]. The van der Waals surface area contributed by atoms with Crippen molar-refractivity contribution >= 4 is 27.6 Å². The standard InChI is InChI=1S/C26H29N4.Ir/c1-25(2,3)22-12-21-20(13-27-22)28-23-18-10-16-14-7-8-15(9-14)17(16)11-19(18)29-24(30(21)23)26(4,5)6;/h11-15H,7-9H2,1-6H3;/q-1;. The van der Waals surface area contributed by atoms with Gasteiger partial charge in [-0.2, -0.15) is 0 Å². The van der Waals surface area contributed by atoms with Gasteiger partial charge in [-0.3, -0.25) is 15.0 Å². The van der Waals surface area contributed by atoms with E-state index in [2.05, 4.69) is 64.1 Å². The number of hydrogen-bond donors (Lipinski definition) is 0. The molecule has 2 bridgehead atoms. The largest absolute Gasteiger partial charge is 0.321 e. The molecule has 2 atom stereocenters. The van der Waals surface area contributed by atoms with Crippen LogP contribution in [0.4, 0.5) is 0 Å². The maximum atomic E-state index is 5.22. The summed E-state index contributed by atoms with van der Waals surface area (Å²) in [5, 5.41) is 1.06. The van der Waals surface area contributed by atoms with Gasteiger partial charge in [-0.1, -0.05) is 53.3 Å². The molecule has 0 amide bonds. The summed E-state index contributed by atoms with van der Waals surface area (Å²) in [6.07, 6.45) is 5.84. The van der Waals surface area contributed by atoms with Crippen LogP contribution in [0.1, 0.15) is 95.3 Å². The zero-order valence-corrected chi connectivity index (χ0v) is 21.5. The summed E-state index contributed by atoms with van der Waals surface area (Å²) >= 11 is 0.